The lowest BCUT2D eigenvalue weighted by Crippen LogP contribution is -2.42. The summed E-state index contributed by atoms with van der Waals surface area (Å²) in [5.41, 5.74) is 0. The summed E-state index contributed by atoms with van der Waals surface area (Å²) >= 11 is 4.43. The monoisotopic (exact) mass is 414 g/mol. The van der Waals surface area contributed by atoms with E-state index in [0.717, 1.165) is 32.5 Å². The lowest BCUT2D eigenvalue weighted by atomic mass is 10.1. The van der Waals surface area contributed by atoms with Crippen LogP contribution in [0, 0.1) is 0 Å². The molecule has 0 spiro atoms. The van der Waals surface area contributed by atoms with E-state index in [1.54, 1.807) is 28.6 Å². The fourth-order valence-corrected chi connectivity index (χ4v) is 5.06. The van der Waals surface area contributed by atoms with Crippen LogP contribution in [0.4, 0.5) is 0 Å². The number of likely N-dealkylation sites (tertiary alicyclic amines) is 1. The quantitative estimate of drug-likeness (QED) is 0.443. The number of rotatable bonds is 11. The Labute approximate surface area is 170 Å². The van der Waals surface area contributed by atoms with Crippen LogP contribution in [0.3, 0.4) is 0 Å². The molecule has 1 aromatic rings. The maximum absolute atomic E-state index is 13.1. The summed E-state index contributed by atoms with van der Waals surface area (Å²) < 4.78 is 33.5. The van der Waals surface area contributed by atoms with E-state index in [2.05, 4.69) is 24.5 Å². The SMILES string of the molecule is CCCCOc1ccc(S(=O)(=O)N(CCN2CCCCC2)CC(C)S)cc1. The van der Waals surface area contributed by atoms with E-state index in [-0.39, 0.29) is 5.25 Å². The number of ether oxygens (including phenoxy) is 1. The van der Waals surface area contributed by atoms with Gasteiger partial charge in [-0.3, -0.25) is 0 Å². The molecule has 27 heavy (non-hydrogen) atoms. The molecule has 1 saturated heterocycles. The molecule has 2 rings (SSSR count). The van der Waals surface area contributed by atoms with Gasteiger partial charge in [-0.15, -0.1) is 0 Å². The van der Waals surface area contributed by atoms with Crippen LogP contribution in [0.15, 0.2) is 29.2 Å². The predicted octanol–water partition coefficient (Wildman–Crippen LogP) is 3.66. The molecule has 0 saturated carbocycles. The lowest BCUT2D eigenvalue weighted by molar-refractivity contribution is 0.213. The standard InChI is InChI=1S/C20H34N2O3S2/c1-3-4-16-25-19-8-10-20(11-9-19)27(23,24)22(17-18(2)26)15-14-21-12-6-5-7-13-21/h8-11,18,26H,3-7,12-17H2,1-2H3. The van der Waals surface area contributed by atoms with Crippen molar-refractivity contribution in [2.45, 2.75) is 56.1 Å². The molecule has 154 valence electrons. The molecule has 1 atom stereocenters. The van der Waals surface area contributed by atoms with Crippen LogP contribution in [0.5, 0.6) is 5.75 Å². The minimum absolute atomic E-state index is 0.0159. The van der Waals surface area contributed by atoms with Crippen molar-refractivity contribution in [1.82, 2.24) is 9.21 Å². The molecular formula is C20H34N2O3S2. The van der Waals surface area contributed by atoms with Crippen LogP contribution in [0.2, 0.25) is 0 Å². The third-order valence-electron chi connectivity index (χ3n) is 4.81. The summed E-state index contributed by atoms with van der Waals surface area (Å²) in [6.45, 7) is 8.51. The Morgan fingerprint density at radius 3 is 2.44 bits per heavy atom. The number of benzene rings is 1. The Hall–Kier alpha value is -0.760. The first kappa shape index (κ1) is 22.5. The minimum Gasteiger partial charge on any atom is -0.494 e. The molecule has 1 aliphatic heterocycles. The molecule has 0 aliphatic carbocycles. The van der Waals surface area contributed by atoms with Gasteiger partial charge in [-0.25, -0.2) is 8.42 Å². The summed E-state index contributed by atoms with van der Waals surface area (Å²) in [5, 5.41) is -0.0159. The zero-order chi connectivity index (χ0) is 19.7. The molecule has 1 unspecified atom stereocenters. The van der Waals surface area contributed by atoms with Gasteiger partial charge in [0.1, 0.15) is 5.75 Å². The summed E-state index contributed by atoms with van der Waals surface area (Å²) in [6.07, 6.45) is 5.74. The summed E-state index contributed by atoms with van der Waals surface area (Å²) in [6, 6.07) is 6.78. The van der Waals surface area contributed by atoms with Gasteiger partial charge in [-0.1, -0.05) is 26.7 Å². The van der Waals surface area contributed by atoms with E-state index in [1.165, 1.54) is 19.3 Å². The van der Waals surface area contributed by atoms with Gasteiger partial charge in [0.25, 0.3) is 0 Å². The Kier molecular flexibility index (Phi) is 9.42. The fraction of sp³-hybridized carbons (Fsp3) is 0.700. The van der Waals surface area contributed by atoms with Crippen molar-refractivity contribution in [1.29, 1.82) is 0 Å². The van der Waals surface area contributed by atoms with Crippen molar-refractivity contribution in [3.8, 4) is 5.75 Å². The zero-order valence-electron chi connectivity index (χ0n) is 16.6. The van der Waals surface area contributed by atoms with Crippen molar-refractivity contribution < 1.29 is 13.2 Å². The number of hydrogen-bond donors (Lipinski definition) is 1. The van der Waals surface area contributed by atoms with E-state index in [4.69, 9.17) is 4.74 Å². The fourth-order valence-electron chi connectivity index (χ4n) is 3.23. The zero-order valence-corrected chi connectivity index (χ0v) is 18.4. The molecule has 0 bridgehead atoms. The van der Waals surface area contributed by atoms with Crippen LogP contribution in [0.1, 0.15) is 46.0 Å². The van der Waals surface area contributed by atoms with E-state index < -0.39 is 10.0 Å². The Bertz CT molecular complexity index is 642. The van der Waals surface area contributed by atoms with Gasteiger partial charge in [0, 0.05) is 24.9 Å². The molecular weight excluding hydrogens is 380 g/mol. The molecule has 7 heteroatoms. The minimum atomic E-state index is -3.54. The third-order valence-corrected chi connectivity index (χ3v) is 6.85. The summed E-state index contributed by atoms with van der Waals surface area (Å²) in [7, 11) is -3.54. The topological polar surface area (TPSA) is 49.9 Å². The number of piperidine rings is 1. The molecule has 0 aromatic heterocycles. The average Bonchev–Trinajstić information content (AvgIpc) is 2.66. The predicted molar refractivity (Wildman–Crippen MR) is 114 cm³/mol. The van der Waals surface area contributed by atoms with Gasteiger partial charge >= 0.3 is 0 Å². The Morgan fingerprint density at radius 1 is 1.19 bits per heavy atom. The highest BCUT2D eigenvalue weighted by Gasteiger charge is 2.26. The number of nitrogens with zero attached hydrogens (tertiary/aromatic N) is 2. The Morgan fingerprint density at radius 2 is 1.85 bits per heavy atom. The van der Waals surface area contributed by atoms with Gasteiger partial charge in [-0.2, -0.15) is 16.9 Å². The average molecular weight is 415 g/mol. The highest BCUT2D eigenvalue weighted by Crippen LogP contribution is 2.21. The Balaban J connectivity index is 2.05. The van der Waals surface area contributed by atoms with E-state index >= 15 is 0 Å². The second-order valence-electron chi connectivity index (χ2n) is 7.29. The van der Waals surface area contributed by atoms with Crippen LogP contribution < -0.4 is 4.74 Å². The van der Waals surface area contributed by atoms with Crippen molar-refractivity contribution in [2.24, 2.45) is 0 Å². The molecule has 5 nitrogen and oxygen atoms in total. The maximum Gasteiger partial charge on any atom is 0.243 e. The molecule has 1 fully saturated rings. The summed E-state index contributed by atoms with van der Waals surface area (Å²) in [4.78, 5) is 2.68. The normalized spacial score (nSPS) is 17.2. The number of unbranched alkanes of at least 4 members (excludes halogenated alkanes) is 1. The molecule has 0 radical (unpaired) electrons. The number of thiol groups is 1. The highest BCUT2D eigenvalue weighted by molar-refractivity contribution is 7.89. The summed E-state index contributed by atoms with van der Waals surface area (Å²) in [5.74, 6) is 0.713. The van der Waals surface area contributed by atoms with E-state index in [0.29, 0.717) is 30.3 Å². The molecule has 1 heterocycles. The van der Waals surface area contributed by atoms with Crippen LogP contribution in [0.25, 0.3) is 0 Å². The van der Waals surface area contributed by atoms with Crippen LogP contribution in [-0.4, -0.2) is 62.2 Å². The molecule has 1 aliphatic rings. The van der Waals surface area contributed by atoms with Crippen molar-refractivity contribution in [2.75, 3.05) is 39.3 Å². The van der Waals surface area contributed by atoms with Crippen molar-refractivity contribution in [3.05, 3.63) is 24.3 Å². The second-order valence-corrected chi connectivity index (χ2v) is 10.1. The largest absolute Gasteiger partial charge is 0.494 e. The smallest absolute Gasteiger partial charge is 0.243 e. The maximum atomic E-state index is 13.1. The van der Waals surface area contributed by atoms with E-state index in [1.807, 2.05) is 6.92 Å². The van der Waals surface area contributed by atoms with Gasteiger partial charge in [-0.05, 0) is 56.6 Å². The van der Waals surface area contributed by atoms with Gasteiger partial charge in [0.05, 0.1) is 11.5 Å². The van der Waals surface area contributed by atoms with Crippen LogP contribution >= 0.6 is 12.6 Å². The first-order chi connectivity index (χ1) is 12.9. The van der Waals surface area contributed by atoms with Crippen molar-refractivity contribution in [3.63, 3.8) is 0 Å². The number of hydrogen-bond acceptors (Lipinski definition) is 5. The first-order valence-corrected chi connectivity index (χ1v) is 12.0. The highest BCUT2D eigenvalue weighted by atomic mass is 32.2. The van der Waals surface area contributed by atoms with Gasteiger partial charge < -0.3 is 9.64 Å². The molecule has 1 aromatic carbocycles. The number of sulfonamides is 1. The molecule has 0 N–H and O–H groups in total. The van der Waals surface area contributed by atoms with Gasteiger partial charge in [0.15, 0.2) is 0 Å². The van der Waals surface area contributed by atoms with Crippen molar-refractivity contribution >= 4 is 22.7 Å². The third kappa shape index (κ3) is 7.29. The van der Waals surface area contributed by atoms with Crippen LogP contribution in [-0.2, 0) is 10.0 Å². The second kappa shape index (κ2) is 11.3. The van der Waals surface area contributed by atoms with Gasteiger partial charge in [0.2, 0.25) is 10.0 Å². The first-order valence-electron chi connectivity index (χ1n) is 10.1. The van der Waals surface area contributed by atoms with E-state index in [9.17, 15) is 8.42 Å². The molecule has 0 amide bonds. The lowest BCUT2D eigenvalue weighted by Gasteiger charge is -2.30.